The van der Waals surface area contributed by atoms with E-state index in [-0.39, 0.29) is 12.2 Å². The van der Waals surface area contributed by atoms with Crippen molar-refractivity contribution in [2.45, 2.75) is 458 Å². The van der Waals surface area contributed by atoms with Crippen LogP contribution in [0.15, 0.2) is 146 Å². The summed E-state index contributed by atoms with van der Waals surface area (Å²) < 4.78 is 0. The molecule has 6 saturated carbocycles. The average molecular weight is 1720 g/mol. The lowest BCUT2D eigenvalue weighted by Crippen LogP contribution is -2.31. The van der Waals surface area contributed by atoms with Crippen molar-refractivity contribution in [1.29, 1.82) is 0 Å². The minimum absolute atomic E-state index is 0.281. The fourth-order valence-electron chi connectivity index (χ4n) is 19.5. The molecule has 0 heterocycles. The molecule has 0 saturated heterocycles. The van der Waals surface area contributed by atoms with Crippen LogP contribution < -0.4 is 0 Å². The number of aliphatic hydroxyl groups is 15. The Labute approximate surface area is 748 Å². The molecule has 0 spiro atoms. The summed E-state index contributed by atoms with van der Waals surface area (Å²) in [6, 6.07) is 47.8. The van der Waals surface area contributed by atoms with Crippen molar-refractivity contribution >= 4 is 0 Å². The highest BCUT2D eigenvalue weighted by atomic mass is 16.3. The highest BCUT2D eigenvalue weighted by Crippen LogP contribution is 2.39. The quantitative estimate of drug-likeness (QED) is 0.0174. The summed E-state index contributed by atoms with van der Waals surface area (Å²) in [6.45, 7) is 11.6. The first-order valence-corrected chi connectivity index (χ1v) is 49.5. The van der Waals surface area contributed by atoms with Crippen LogP contribution in [0.5, 0.6) is 0 Å². The van der Waals surface area contributed by atoms with Crippen molar-refractivity contribution in [2.24, 2.45) is 5.92 Å². The van der Waals surface area contributed by atoms with Crippen molar-refractivity contribution in [3.05, 3.63) is 212 Å². The van der Waals surface area contributed by atoms with Crippen LogP contribution in [0.4, 0.5) is 0 Å². The van der Waals surface area contributed by atoms with Crippen LogP contribution in [-0.4, -0.2) is 129 Å². The average Bonchev–Trinajstić information content (AvgIpc) is 0.872. The number of hydrogen-bond donors (Lipinski definition) is 15. The molecule has 6 aliphatic rings. The molecule has 0 radical (unpaired) electrons. The van der Waals surface area contributed by atoms with Gasteiger partial charge in [0.15, 0.2) is 0 Å². The molecule has 10 atom stereocenters. The topological polar surface area (TPSA) is 303 Å². The summed E-state index contributed by atoms with van der Waals surface area (Å²) in [4.78, 5) is 0. The highest BCUT2D eigenvalue weighted by Gasteiger charge is 2.34. The van der Waals surface area contributed by atoms with E-state index in [1.54, 1.807) is 0 Å². The van der Waals surface area contributed by atoms with Crippen molar-refractivity contribution in [3.8, 4) is 0 Å². The van der Waals surface area contributed by atoms with Gasteiger partial charge in [0.1, 0.15) is 24.4 Å². The smallest absolute Gasteiger partial charge is 0.105 e. The summed E-state index contributed by atoms with van der Waals surface area (Å²) in [6.07, 6.45) is 45.1. The van der Waals surface area contributed by atoms with Gasteiger partial charge in [0.25, 0.3) is 0 Å². The molecule has 0 aromatic heterocycles. The molecule has 15 heteroatoms. The molecule has 12 rings (SSSR count). The number of aryl methyl sites for hydroxylation is 6. The summed E-state index contributed by atoms with van der Waals surface area (Å²) in [5.41, 5.74) is 9.83. The fourth-order valence-corrected chi connectivity index (χ4v) is 19.5. The standard InChI is InChI=1S/C20H32O.4C18H28O3.C17H26O2/c1-2-9-20(21)19-13-8-12-18(16-19)15-14-17-10-6-4-3-5-7-11-17;4*1-2-16(19)17(20)15-8-6-7-14(13-15)9-12-18(21)10-4-3-5-11-18;1-2-6-16(18)15-8-5-7-14(13-15)9-12-17(19)10-3-4-11-17/h8,12-13,16-17,20-21H,2-7,9-11,14-15H2,1H3;4*6-8,13,16-17,19-21H,2-5,9-12H2,1H3;5,7-8,13,16,18-19H,2-4,6,9-12H2,1H3/t;2*16-,17+;2*16-,17-;/m.1010./s1. The van der Waals surface area contributed by atoms with Gasteiger partial charge in [-0.15, -0.1) is 0 Å². The van der Waals surface area contributed by atoms with E-state index in [1.807, 2.05) is 137 Å². The van der Waals surface area contributed by atoms with Crippen LogP contribution in [-0.2, 0) is 38.5 Å². The van der Waals surface area contributed by atoms with Gasteiger partial charge < -0.3 is 76.6 Å². The number of hydrogen-bond acceptors (Lipinski definition) is 15. The van der Waals surface area contributed by atoms with Gasteiger partial charge in [0, 0.05) is 0 Å². The second-order valence-corrected chi connectivity index (χ2v) is 38.6. The molecule has 0 bridgehead atoms. The maximum atomic E-state index is 10.5. The first kappa shape index (κ1) is 106. The summed E-state index contributed by atoms with van der Waals surface area (Å²) in [7, 11) is 0. The summed E-state index contributed by atoms with van der Waals surface area (Å²) in [5.74, 6) is 0.925. The Morgan fingerprint density at radius 3 is 0.669 bits per heavy atom. The molecular weight excluding hydrogens is 1550 g/mol. The second-order valence-electron chi connectivity index (χ2n) is 38.6. The van der Waals surface area contributed by atoms with E-state index in [0.29, 0.717) is 25.7 Å². The molecule has 15 N–H and O–H groups in total. The van der Waals surface area contributed by atoms with Crippen LogP contribution in [0.1, 0.15) is 434 Å². The third kappa shape index (κ3) is 38.0. The van der Waals surface area contributed by atoms with Crippen molar-refractivity contribution in [1.82, 2.24) is 0 Å². The van der Waals surface area contributed by atoms with E-state index in [9.17, 15) is 76.6 Å². The fraction of sp³-hybridized carbons (Fsp3) is 0.670. The first-order chi connectivity index (χ1) is 59.6. The van der Waals surface area contributed by atoms with Crippen molar-refractivity contribution < 1.29 is 76.6 Å². The minimum atomic E-state index is -0.826. The molecule has 2 unspecified atom stereocenters. The van der Waals surface area contributed by atoms with Crippen molar-refractivity contribution in [2.75, 3.05) is 0 Å². The Morgan fingerprint density at radius 1 is 0.250 bits per heavy atom. The molecule has 0 amide bonds. The SMILES string of the molecule is CCCC(O)c1cccc(CCC2(O)CCCC2)c1.CCCC(O)c1cccc(CCC2CCCCCCC2)c1.CC[C@@H](O)[C@@H](O)c1cccc(CCC2(O)CCCCC2)c1.CC[C@@H](O)[C@H](O)c1cccc(CCC2(O)CCCCC2)c1.CC[C@H](O)[C@@H](O)c1cccc(CCC2(O)CCCCC2)c1.CC[C@H](O)[C@H](O)c1cccc(CCC2(O)CCCCC2)c1. The third-order valence-electron chi connectivity index (χ3n) is 28.2. The zero-order valence-electron chi connectivity index (χ0n) is 77.5. The Balaban J connectivity index is 0.000000204. The lowest BCUT2D eigenvalue weighted by Gasteiger charge is -2.32. The van der Waals surface area contributed by atoms with Crippen LogP contribution in [0.25, 0.3) is 0 Å². The Kier molecular flexibility index (Phi) is 48.1. The third-order valence-corrected chi connectivity index (χ3v) is 28.2. The molecule has 6 aromatic carbocycles. The van der Waals surface area contributed by atoms with Gasteiger partial charge >= 0.3 is 0 Å². The van der Waals surface area contributed by atoms with Gasteiger partial charge in [-0.3, -0.25) is 0 Å². The minimum Gasteiger partial charge on any atom is -0.390 e. The zero-order chi connectivity index (χ0) is 89.8. The van der Waals surface area contributed by atoms with E-state index in [4.69, 9.17) is 0 Å². The molecule has 6 aromatic rings. The number of rotatable bonds is 36. The molecule has 6 aliphatic carbocycles. The molecule has 0 aliphatic heterocycles. The van der Waals surface area contributed by atoms with Gasteiger partial charge in [-0.25, -0.2) is 0 Å². The number of aliphatic hydroxyl groups excluding tert-OH is 10. The van der Waals surface area contributed by atoms with E-state index >= 15 is 0 Å². The molecule has 696 valence electrons. The monoisotopic (exact) mass is 1720 g/mol. The van der Waals surface area contributed by atoms with Crippen molar-refractivity contribution in [3.63, 3.8) is 0 Å². The van der Waals surface area contributed by atoms with E-state index < -0.39 is 76.8 Å². The zero-order valence-corrected chi connectivity index (χ0v) is 77.5. The molecule has 6 fully saturated rings. The first-order valence-electron chi connectivity index (χ1n) is 49.5. The molecular formula is C109H170O15. The van der Waals surface area contributed by atoms with Crippen LogP contribution in [0.3, 0.4) is 0 Å². The van der Waals surface area contributed by atoms with Gasteiger partial charge in [0.05, 0.1) is 64.6 Å². The summed E-state index contributed by atoms with van der Waals surface area (Å²) >= 11 is 0. The lowest BCUT2D eigenvalue weighted by atomic mass is 9.81. The lowest BCUT2D eigenvalue weighted by molar-refractivity contribution is -0.00388. The summed E-state index contributed by atoms with van der Waals surface area (Å²) in [5, 5.41) is 152. The highest BCUT2D eigenvalue weighted by molar-refractivity contribution is 5.31. The van der Waals surface area contributed by atoms with Crippen LogP contribution >= 0.6 is 0 Å². The predicted octanol–water partition coefficient (Wildman–Crippen LogP) is 22.0. The Hall–Kier alpha value is -5.28. The Bertz CT molecular complexity index is 3470. The number of benzene rings is 6. The van der Waals surface area contributed by atoms with Gasteiger partial charge in [0.2, 0.25) is 0 Å². The van der Waals surface area contributed by atoms with Crippen LogP contribution in [0.2, 0.25) is 0 Å². The predicted molar refractivity (Wildman–Crippen MR) is 505 cm³/mol. The van der Waals surface area contributed by atoms with Gasteiger partial charge in [-0.1, -0.05) is 335 Å². The van der Waals surface area contributed by atoms with Gasteiger partial charge in [-0.05, 0) is 252 Å². The second kappa shape index (κ2) is 56.3. The Morgan fingerprint density at radius 2 is 0.444 bits per heavy atom. The maximum absolute atomic E-state index is 10.5. The van der Waals surface area contributed by atoms with Gasteiger partial charge in [-0.2, -0.15) is 0 Å². The van der Waals surface area contributed by atoms with E-state index in [1.165, 1.54) is 94.6 Å². The van der Waals surface area contributed by atoms with E-state index in [2.05, 4.69) is 50.2 Å². The largest absolute Gasteiger partial charge is 0.390 e. The molecule has 15 nitrogen and oxygen atoms in total. The van der Waals surface area contributed by atoms with Crippen LogP contribution in [0, 0.1) is 5.92 Å². The normalized spacial score (nSPS) is 20.4. The maximum Gasteiger partial charge on any atom is 0.105 e. The molecule has 124 heavy (non-hydrogen) atoms. The van der Waals surface area contributed by atoms with E-state index in [0.717, 1.165) is 280 Å².